The number of hydrogen-bond donors (Lipinski definition) is 2. The molecule has 0 radical (unpaired) electrons. The summed E-state index contributed by atoms with van der Waals surface area (Å²) in [5.74, 6) is 0. The Morgan fingerprint density at radius 2 is 2.18 bits per heavy atom. The number of benzene rings is 1. The molecule has 0 amide bonds. The molecule has 0 saturated carbocycles. The van der Waals surface area contributed by atoms with Gasteiger partial charge in [-0.2, -0.15) is 0 Å². The maximum atomic E-state index is 10.2. The van der Waals surface area contributed by atoms with Gasteiger partial charge in [0.2, 0.25) is 0 Å². The molecule has 1 aliphatic heterocycles. The summed E-state index contributed by atoms with van der Waals surface area (Å²) in [5.41, 5.74) is 0.916. The van der Waals surface area contributed by atoms with Crippen LogP contribution in [0.5, 0.6) is 0 Å². The van der Waals surface area contributed by atoms with E-state index in [1.807, 2.05) is 6.07 Å². The smallest absolute Gasteiger partial charge is 0.0733 e. The van der Waals surface area contributed by atoms with Crippen molar-refractivity contribution in [3.05, 3.63) is 33.8 Å². The molecule has 1 fully saturated rings. The van der Waals surface area contributed by atoms with Crippen LogP contribution >= 0.6 is 23.2 Å². The van der Waals surface area contributed by atoms with Gasteiger partial charge in [-0.25, -0.2) is 0 Å². The van der Waals surface area contributed by atoms with Gasteiger partial charge in [0.1, 0.15) is 0 Å². The van der Waals surface area contributed by atoms with E-state index in [1.165, 1.54) is 12.8 Å². The normalized spacial score (nSPS) is 22.4. The lowest BCUT2D eigenvalue weighted by Gasteiger charge is -2.28. The molecule has 2 N–H and O–H groups in total. The first-order chi connectivity index (χ1) is 8.16. The van der Waals surface area contributed by atoms with Crippen LogP contribution in [0.15, 0.2) is 18.2 Å². The molecule has 94 valence electrons. The Morgan fingerprint density at radius 3 is 2.88 bits per heavy atom. The van der Waals surface area contributed by atoms with Crippen molar-refractivity contribution in [3.63, 3.8) is 0 Å². The number of rotatable bonds is 3. The molecule has 2 atom stereocenters. The van der Waals surface area contributed by atoms with Crippen molar-refractivity contribution in [1.82, 2.24) is 5.32 Å². The van der Waals surface area contributed by atoms with Crippen molar-refractivity contribution in [3.8, 4) is 0 Å². The van der Waals surface area contributed by atoms with Crippen LogP contribution in [0.3, 0.4) is 0 Å². The van der Waals surface area contributed by atoms with Crippen LogP contribution < -0.4 is 5.32 Å². The van der Waals surface area contributed by atoms with Crippen molar-refractivity contribution < 1.29 is 5.11 Å². The molecule has 1 aromatic rings. The van der Waals surface area contributed by atoms with Crippen LogP contribution in [-0.4, -0.2) is 23.8 Å². The Kier molecular flexibility index (Phi) is 4.69. The van der Waals surface area contributed by atoms with Crippen molar-refractivity contribution in [2.24, 2.45) is 0 Å². The quantitative estimate of drug-likeness (QED) is 0.888. The summed E-state index contributed by atoms with van der Waals surface area (Å²) in [5, 5.41) is 14.9. The second-order valence-corrected chi connectivity index (χ2v) is 5.41. The first-order valence-corrected chi connectivity index (χ1v) is 6.78. The van der Waals surface area contributed by atoms with Gasteiger partial charge in [0.05, 0.1) is 6.10 Å². The largest absolute Gasteiger partial charge is 0.391 e. The first kappa shape index (κ1) is 13.2. The van der Waals surface area contributed by atoms with Gasteiger partial charge in [-0.3, -0.25) is 0 Å². The minimum Gasteiger partial charge on any atom is -0.391 e. The van der Waals surface area contributed by atoms with E-state index in [0.717, 1.165) is 18.5 Å². The summed E-state index contributed by atoms with van der Waals surface area (Å²) in [6.07, 6.45) is 3.56. The number of piperidine rings is 1. The van der Waals surface area contributed by atoms with Gasteiger partial charge in [0, 0.05) is 22.5 Å². The maximum Gasteiger partial charge on any atom is 0.0733 e. The van der Waals surface area contributed by atoms with E-state index in [9.17, 15) is 5.11 Å². The first-order valence-electron chi connectivity index (χ1n) is 6.02. The summed E-state index contributed by atoms with van der Waals surface area (Å²) < 4.78 is 0. The van der Waals surface area contributed by atoms with E-state index in [1.54, 1.807) is 12.1 Å². The molecule has 1 aliphatic rings. The third-order valence-electron chi connectivity index (χ3n) is 3.25. The molecule has 0 aliphatic carbocycles. The molecular weight excluding hydrogens is 257 g/mol. The summed E-state index contributed by atoms with van der Waals surface area (Å²) in [7, 11) is 0. The molecule has 1 aromatic carbocycles. The zero-order valence-electron chi connectivity index (χ0n) is 9.63. The van der Waals surface area contributed by atoms with Crippen LogP contribution in [-0.2, 0) is 6.42 Å². The lowest BCUT2D eigenvalue weighted by molar-refractivity contribution is 0.113. The zero-order chi connectivity index (χ0) is 12.3. The molecule has 2 nitrogen and oxygen atoms in total. The van der Waals surface area contributed by atoms with Crippen LogP contribution in [0.4, 0.5) is 0 Å². The van der Waals surface area contributed by atoms with E-state index in [-0.39, 0.29) is 6.04 Å². The Morgan fingerprint density at radius 1 is 1.35 bits per heavy atom. The minimum absolute atomic E-state index is 0.179. The van der Waals surface area contributed by atoms with E-state index in [4.69, 9.17) is 23.2 Å². The number of hydrogen-bond acceptors (Lipinski definition) is 2. The van der Waals surface area contributed by atoms with Gasteiger partial charge in [-0.05, 0) is 43.1 Å². The Labute approximate surface area is 112 Å². The predicted molar refractivity (Wildman–Crippen MR) is 71.8 cm³/mol. The lowest BCUT2D eigenvalue weighted by atomic mass is 9.95. The zero-order valence-corrected chi connectivity index (χ0v) is 11.1. The van der Waals surface area contributed by atoms with Crippen molar-refractivity contribution >= 4 is 23.2 Å². The second-order valence-electron chi connectivity index (χ2n) is 4.56. The van der Waals surface area contributed by atoms with Crippen LogP contribution in [0.2, 0.25) is 10.0 Å². The van der Waals surface area contributed by atoms with E-state index in [0.29, 0.717) is 16.5 Å². The molecule has 1 saturated heterocycles. The summed E-state index contributed by atoms with van der Waals surface area (Å²) >= 11 is 12.0. The summed E-state index contributed by atoms with van der Waals surface area (Å²) in [6.45, 7) is 0.991. The minimum atomic E-state index is -0.397. The lowest BCUT2D eigenvalue weighted by Crippen LogP contribution is -2.44. The Hall–Kier alpha value is -0.280. The molecule has 0 bridgehead atoms. The summed E-state index contributed by atoms with van der Waals surface area (Å²) in [6, 6.07) is 5.55. The average Bonchev–Trinajstić information content (AvgIpc) is 2.35. The van der Waals surface area contributed by atoms with Crippen LogP contribution in [0.1, 0.15) is 24.8 Å². The molecule has 0 aromatic heterocycles. The number of aliphatic hydroxyl groups is 1. The molecular formula is C13H17Cl2NO. The molecule has 1 heterocycles. The predicted octanol–water partition coefficient (Wildman–Crippen LogP) is 3.04. The van der Waals surface area contributed by atoms with Gasteiger partial charge in [-0.1, -0.05) is 29.6 Å². The van der Waals surface area contributed by atoms with Gasteiger partial charge in [0.25, 0.3) is 0 Å². The summed E-state index contributed by atoms with van der Waals surface area (Å²) in [4.78, 5) is 0. The standard InChI is InChI=1S/C13H17Cl2NO/c14-10-4-5-11(15)9(7-10)8-13(17)12-3-1-2-6-16-12/h4-5,7,12-13,16-17H,1-3,6,8H2. The highest BCUT2D eigenvalue weighted by molar-refractivity contribution is 6.33. The molecule has 4 heteroatoms. The van der Waals surface area contributed by atoms with Crippen molar-refractivity contribution in [2.45, 2.75) is 37.8 Å². The maximum absolute atomic E-state index is 10.2. The van der Waals surface area contributed by atoms with Gasteiger partial charge in [-0.15, -0.1) is 0 Å². The van der Waals surface area contributed by atoms with Gasteiger partial charge < -0.3 is 10.4 Å². The van der Waals surface area contributed by atoms with Crippen LogP contribution in [0, 0.1) is 0 Å². The van der Waals surface area contributed by atoms with Gasteiger partial charge >= 0.3 is 0 Å². The average molecular weight is 274 g/mol. The van der Waals surface area contributed by atoms with E-state index in [2.05, 4.69) is 5.32 Å². The highest BCUT2D eigenvalue weighted by atomic mass is 35.5. The molecule has 0 spiro atoms. The fourth-order valence-electron chi connectivity index (χ4n) is 2.27. The van der Waals surface area contributed by atoms with E-state index >= 15 is 0 Å². The third kappa shape index (κ3) is 3.59. The Balaban J connectivity index is 2.01. The van der Waals surface area contributed by atoms with Crippen LogP contribution in [0.25, 0.3) is 0 Å². The topological polar surface area (TPSA) is 32.3 Å². The molecule has 17 heavy (non-hydrogen) atoms. The highest BCUT2D eigenvalue weighted by Crippen LogP contribution is 2.23. The van der Waals surface area contributed by atoms with Crippen molar-refractivity contribution in [2.75, 3.05) is 6.54 Å². The fraction of sp³-hybridized carbons (Fsp3) is 0.538. The number of aliphatic hydroxyl groups excluding tert-OH is 1. The second kappa shape index (κ2) is 6.05. The number of halogens is 2. The van der Waals surface area contributed by atoms with Crippen molar-refractivity contribution in [1.29, 1.82) is 0 Å². The van der Waals surface area contributed by atoms with Gasteiger partial charge in [0.15, 0.2) is 0 Å². The number of nitrogens with one attached hydrogen (secondary N) is 1. The fourth-order valence-corrected chi connectivity index (χ4v) is 2.66. The molecule has 2 rings (SSSR count). The SMILES string of the molecule is OC(Cc1cc(Cl)ccc1Cl)C1CCCCN1. The monoisotopic (exact) mass is 273 g/mol. The van der Waals surface area contributed by atoms with E-state index < -0.39 is 6.10 Å². The highest BCUT2D eigenvalue weighted by Gasteiger charge is 2.22. The molecule has 2 unspecified atom stereocenters. The Bertz CT molecular complexity index is 378. The third-order valence-corrected chi connectivity index (χ3v) is 3.85.